The molecule has 0 spiro atoms. The molecule has 16 heavy (non-hydrogen) atoms. The Hall–Kier alpha value is -1.71. The quantitative estimate of drug-likeness (QED) is 0.804. The fourth-order valence-corrected chi connectivity index (χ4v) is 1.25. The zero-order valence-electron chi connectivity index (χ0n) is 9.43. The minimum Gasteiger partial charge on any atom is -0.508 e. The van der Waals surface area contributed by atoms with Gasteiger partial charge in [-0.25, -0.2) is 0 Å². The Balaban J connectivity index is 2.78. The molecule has 1 unspecified atom stereocenters. The number of phenolic OH excluding ortho intramolecular Hbond substituents is 1. The standard InChI is InChI=1S/C12H16O4/c1-3-8(2)16-10-5-4-9(6-12(14)15)11(13)7-10/h4-5,7-8,13H,3,6H2,1-2H3,(H,14,15). The molecule has 1 aromatic carbocycles. The van der Waals surface area contributed by atoms with E-state index in [-0.39, 0.29) is 18.3 Å². The van der Waals surface area contributed by atoms with Gasteiger partial charge in [0.2, 0.25) is 0 Å². The maximum atomic E-state index is 10.5. The van der Waals surface area contributed by atoms with Crippen LogP contribution in [0.2, 0.25) is 0 Å². The molecule has 0 saturated heterocycles. The van der Waals surface area contributed by atoms with Gasteiger partial charge in [0.25, 0.3) is 0 Å². The number of carbonyl (C=O) groups is 1. The van der Waals surface area contributed by atoms with Crippen molar-refractivity contribution in [1.82, 2.24) is 0 Å². The molecule has 1 atom stereocenters. The second-order valence-electron chi connectivity index (χ2n) is 3.70. The fraction of sp³-hybridized carbons (Fsp3) is 0.417. The molecule has 0 fully saturated rings. The smallest absolute Gasteiger partial charge is 0.307 e. The second-order valence-corrected chi connectivity index (χ2v) is 3.70. The Morgan fingerprint density at radius 1 is 1.50 bits per heavy atom. The number of benzene rings is 1. The number of ether oxygens (including phenoxy) is 1. The van der Waals surface area contributed by atoms with Gasteiger partial charge in [-0.05, 0) is 19.4 Å². The van der Waals surface area contributed by atoms with Crippen molar-refractivity contribution in [3.63, 3.8) is 0 Å². The van der Waals surface area contributed by atoms with E-state index in [0.29, 0.717) is 11.3 Å². The molecule has 1 rings (SSSR count). The maximum Gasteiger partial charge on any atom is 0.307 e. The molecular weight excluding hydrogens is 208 g/mol. The number of aliphatic carboxylic acids is 1. The maximum absolute atomic E-state index is 10.5. The van der Waals surface area contributed by atoms with Crippen LogP contribution >= 0.6 is 0 Å². The van der Waals surface area contributed by atoms with Crippen molar-refractivity contribution in [1.29, 1.82) is 0 Å². The van der Waals surface area contributed by atoms with Crippen LogP contribution in [-0.4, -0.2) is 22.3 Å². The summed E-state index contributed by atoms with van der Waals surface area (Å²) in [4.78, 5) is 10.5. The predicted octanol–water partition coefficient (Wildman–Crippen LogP) is 2.20. The van der Waals surface area contributed by atoms with Gasteiger partial charge in [0.1, 0.15) is 11.5 Å². The monoisotopic (exact) mass is 224 g/mol. The summed E-state index contributed by atoms with van der Waals surface area (Å²) in [5.74, 6) is -0.449. The Labute approximate surface area is 94.5 Å². The molecule has 4 heteroatoms. The Kier molecular flexibility index (Phi) is 4.17. The van der Waals surface area contributed by atoms with Crippen LogP contribution in [0.4, 0.5) is 0 Å². The van der Waals surface area contributed by atoms with Crippen molar-refractivity contribution >= 4 is 5.97 Å². The number of carboxylic acids is 1. The lowest BCUT2D eigenvalue weighted by Gasteiger charge is -2.13. The zero-order valence-corrected chi connectivity index (χ0v) is 9.43. The van der Waals surface area contributed by atoms with Crippen molar-refractivity contribution in [2.75, 3.05) is 0 Å². The average Bonchev–Trinajstić information content (AvgIpc) is 2.21. The zero-order chi connectivity index (χ0) is 12.1. The molecule has 2 N–H and O–H groups in total. The van der Waals surface area contributed by atoms with Crippen molar-refractivity contribution in [2.24, 2.45) is 0 Å². The van der Waals surface area contributed by atoms with Crippen LogP contribution < -0.4 is 4.74 Å². The van der Waals surface area contributed by atoms with E-state index in [1.165, 1.54) is 6.07 Å². The first-order valence-corrected chi connectivity index (χ1v) is 5.23. The van der Waals surface area contributed by atoms with E-state index in [2.05, 4.69) is 0 Å². The molecule has 0 aliphatic heterocycles. The number of aromatic hydroxyl groups is 1. The fourth-order valence-electron chi connectivity index (χ4n) is 1.25. The molecule has 0 aliphatic rings. The van der Waals surface area contributed by atoms with Gasteiger partial charge in [-0.15, -0.1) is 0 Å². The predicted molar refractivity (Wildman–Crippen MR) is 59.8 cm³/mol. The van der Waals surface area contributed by atoms with E-state index in [9.17, 15) is 9.90 Å². The first-order chi connectivity index (χ1) is 7.52. The second kappa shape index (κ2) is 5.39. The molecule has 0 bridgehead atoms. The summed E-state index contributed by atoms with van der Waals surface area (Å²) in [5, 5.41) is 18.2. The van der Waals surface area contributed by atoms with Crippen LogP contribution in [0.15, 0.2) is 18.2 Å². The summed E-state index contributed by atoms with van der Waals surface area (Å²) in [6.45, 7) is 3.94. The highest BCUT2D eigenvalue weighted by Gasteiger charge is 2.08. The number of phenols is 1. The number of rotatable bonds is 5. The van der Waals surface area contributed by atoms with Crippen LogP contribution in [0.25, 0.3) is 0 Å². The van der Waals surface area contributed by atoms with Crippen LogP contribution in [0.5, 0.6) is 11.5 Å². The van der Waals surface area contributed by atoms with Crippen molar-refractivity contribution in [3.8, 4) is 11.5 Å². The molecule has 4 nitrogen and oxygen atoms in total. The number of hydrogen-bond donors (Lipinski definition) is 2. The third kappa shape index (κ3) is 3.46. The molecule has 0 saturated carbocycles. The first kappa shape index (κ1) is 12.4. The summed E-state index contributed by atoms with van der Waals surface area (Å²) < 4.78 is 5.50. The van der Waals surface area contributed by atoms with Gasteiger partial charge in [-0.1, -0.05) is 13.0 Å². The van der Waals surface area contributed by atoms with Gasteiger partial charge in [-0.2, -0.15) is 0 Å². The van der Waals surface area contributed by atoms with Crippen LogP contribution in [0.3, 0.4) is 0 Å². The molecule has 0 radical (unpaired) electrons. The Morgan fingerprint density at radius 3 is 2.69 bits per heavy atom. The largest absolute Gasteiger partial charge is 0.508 e. The van der Waals surface area contributed by atoms with Gasteiger partial charge in [0, 0.05) is 11.6 Å². The van der Waals surface area contributed by atoms with Gasteiger partial charge >= 0.3 is 5.97 Å². The number of hydrogen-bond acceptors (Lipinski definition) is 3. The van der Waals surface area contributed by atoms with E-state index in [1.54, 1.807) is 12.1 Å². The number of carboxylic acid groups (broad SMARTS) is 1. The lowest BCUT2D eigenvalue weighted by Crippen LogP contribution is -2.09. The van der Waals surface area contributed by atoms with Gasteiger partial charge < -0.3 is 14.9 Å². The van der Waals surface area contributed by atoms with E-state index >= 15 is 0 Å². The summed E-state index contributed by atoms with van der Waals surface area (Å²) in [6.07, 6.45) is 0.761. The van der Waals surface area contributed by atoms with Gasteiger partial charge in [0.15, 0.2) is 0 Å². The lowest BCUT2D eigenvalue weighted by molar-refractivity contribution is -0.136. The molecule has 0 heterocycles. The normalized spacial score (nSPS) is 12.1. The highest BCUT2D eigenvalue weighted by atomic mass is 16.5. The van der Waals surface area contributed by atoms with E-state index in [1.807, 2.05) is 13.8 Å². The van der Waals surface area contributed by atoms with Gasteiger partial charge in [0.05, 0.1) is 12.5 Å². The Bertz CT molecular complexity index is 373. The molecule has 0 amide bonds. The van der Waals surface area contributed by atoms with Crippen molar-refractivity contribution in [3.05, 3.63) is 23.8 Å². The van der Waals surface area contributed by atoms with Crippen molar-refractivity contribution < 1.29 is 19.7 Å². The van der Waals surface area contributed by atoms with E-state index < -0.39 is 5.97 Å². The molecule has 0 aromatic heterocycles. The molecule has 1 aromatic rings. The molecule has 0 aliphatic carbocycles. The molecule has 88 valence electrons. The first-order valence-electron chi connectivity index (χ1n) is 5.23. The van der Waals surface area contributed by atoms with Crippen molar-refractivity contribution in [2.45, 2.75) is 32.8 Å². The SMILES string of the molecule is CCC(C)Oc1ccc(CC(=O)O)c(O)c1. The highest BCUT2D eigenvalue weighted by molar-refractivity contribution is 5.71. The minimum absolute atomic E-state index is 0.0387. The van der Waals surface area contributed by atoms with Crippen LogP contribution in [0, 0.1) is 0 Å². The minimum atomic E-state index is -0.967. The summed E-state index contributed by atoms with van der Waals surface area (Å²) in [6, 6.07) is 4.69. The molecular formula is C12H16O4. The van der Waals surface area contributed by atoms with Gasteiger partial charge in [-0.3, -0.25) is 4.79 Å². The summed E-state index contributed by atoms with van der Waals surface area (Å²) >= 11 is 0. The third-order valence-corrected chi connectivity index (χ3v) is 2.31. The topological polar surface area (TPSA) is 66.8 Å². The Morgan fingerprint density at radius 2 is 2.19 bits per heavy atom. The lowest BCUT2D eigenvalue weighted by atomic mass is 10.1. The third-order valence-electron chi connectivity index (χ3n) is 2.31. The van der Waals surface area contributed by atoms with E-state index in [4.69, 9.17) is 9.84 Å². The summed E-state index contributed by atoms with van der Waals surface area (Å²) in [5.41, 5.74) is 0.393. The highest BCUT2D eigenvalue weighted by Crippen LogP contribution is 2.25. The van der Waals surface area contributed by atoms with Crippen LogP contribution in [0.1, 0.15) is 25.8 Å². The van der Waals surface area contributed by atoms with E-state index in [0.717, 1.165) is 6.42 Å². The van der Waals surface area contributed by atoms with Crippen LogP contribution in [-0.2, 0) is 11.2 Å². The average molecular weight is 224 g/mol. The summed E-state index contributed by atoms with van der Waals surface area (Å²) in [7, 11) is 0.